The minimum absolute atomic E-state index is 0.00162. The second kappa shape index (κ2) is 8.48. The summed E-state index contributed by atoms with van der Waals surface area (Å²) in [5.74, 6) is -1.55. The molecule has 0 aromatic heterocycles. The second-order valence-electron chi connectivity index (χ2n) is 6.66. The van der Waals surface area contributed by atoms with Gasteiger partial charge in [-0.3, -0.25) is 14.3 Å². The normalized spacial score (nSPS) is 14.1. The van der Waals surface area contributed by atoms with Crippen LogP contribution in [0.5, 0.6) is 5.75 Å². The van der Waals surface area contributed by atoms with Gasteiger partial charge in [-0.1, -0.05) is 18.2 Å². The fourth-order valence-corrected chi connectivity index (χ4v) is 3.31. The molecular formula is C19H20FN3O5S. The third-order valence-electron chi connectivity index (χ3n) is 4.23. The smallest absolute Gasteiger partial charge is 0.260 e. The van der Waals surface area contributed by atoms with Crippen molar-refractivity contribution in [3.63, 3.8) is 0 Å². The molecule has 1 heterocycles. The molecule has 29 heavy (non-hydrogen) atoms. The van der Waals surface area contributed by atoms with Crippen LogP contribution in [-0.2, 0) is 19.6 Å². The Morgan fingerprint density at radius 2 is 1.83 bits per heavy atom. The molecule has 154 valence electrons. The lowest BCUT2D eigenvalue weighted by molar-refractivity contribution is -0.143. The first-order valence-electron chi connectivity index (χ1n) is 8.75. The second-order valence-corrected chi connectivity index (χ2v) is 8.41. The van der Waals surface area contributed by atoms with Crippen LogP contribution in [0.25, 0.3) is 0 Å². The number of ether oxygens (including phenoxy) is 1. The predicted octanol–water partition coefficient (Wildman–Crippen LogP) is 1.67. The van der Waals surface area contributed by atoms with E-state index in [4.69, 9.17) is 4.74 Å². The van der Waals surface area contributed by atoms with E-state index in [0.29, 0.717) is 11.4 Å². The Bertz CT molecular complexity index is 1020. The molecule has 1 fully saturated rings. The van der Waals surface area contributed by atoms with Gasteiger partial charge in [-0.25, -0.2) is 12.8 Å². The number of rotatable bonds is 7. The number of halogens is 1. The number of nitrogens with zero attached hydrogens (tertiary/aromatic N) is 1. The SMILES string of the molecule is CS(=O)(=O)Nc1cccc(NC(=O)C2CN(C(=O)COc3ccccc3F)C2)c1. The van der Waals surface area contributed by atoms with Crippen molar-refractivity contribution in [2.75, 3.05) is 36.0 Å². The molecule has 2 aromatic rings. The van der Waals surface area contributed by atoms with Gasteiger partial charge in [-0.2, -0.15) is 0 Å². The van der Waals surface area contributed by atoms with E-state index in [1.165, 1.54) is 29.2 Å². The number of benzene rings is 2. The zero-order valence-corrected chi connectivity index (χ0v) is 16.4. The number of hydrogen-bond donors (Lipinski definition) is 2. The van der Waals surface area contributed by atoms with E-state index >= 15 is 0 Å². The standard InChI is InChI=1S/C19H20FN3O5S/c1-29(26,27)22-15-6-4-5-14(9-15)21-19(25)13-10-23(11-13)18(24)12-28-17-8-3-2-7-16(17)20/h2-9,13,22H,10-12H2,1H3,(H,21,25). The van der Waals surface area contributed by atoms with Crippen molar-refractivity contribution >= 4 is 33.2 Å². The Kier molecular flexibility index (Phi) is 6.02. The Morgan fingerprint density at radius 1 is 1.14 bits per heavy atom. The number of carbonyl (C=O) groups excluding carboxylic acids is 2. The minimum Gasteiger partial charge on any atom is -0.481 e. The molecule has 2 amide bonds. The molecular weight excluding hydrogens is 401 g/mol. The summed E-state index contributed by atoms with van der Waals surface area (Å²) >= 11 is 0. The third kappa shape index (κ3) is 5.67. The largest absolute Gasteiger partial charge is 0.481 e. The Balaban J connectivity index is 1.47. The maximum absolute atomic E-state index is 13.5. The van der Waals surface area contributed by atoms with Gasteiger partial charge in [-0.05, 0) is 30.3 Å². The number of hydrogen-bond acceptors (Lipinski definition) is 5. The van der Waals surface area contributed by atoms with Crippen molar-refractivity contribution in [3.8, 4) is 5.75 Å². The highest BCUT2D eigenvalue weighted by atomic mass is 32.2. The summed E-state index contributed by atoms with van der Waals surface area (Å²) in [5.41, 5.74) is 0.775. The maximum Gasteiger partial charge on any atom is 0.260 e. The first kappa shape index (κ1) is 20.6. The summed E-state index contributed by atoms with van der Waals surface area (Å²) in [7, 11) is -3.42. The molecule has 0 saturated carbocycles. The third-order valence-corrected chi connectivity index (χ3v) is 4.83. The molecule has 0 aliphatic carbocycles. The van der Waals surface area contributed by atoms with Crippen LogP contribution in [0.1, 0.15) is 0 Å². The fraction of sp³-hybridized carbons (Fsp3) is 0.263. The Hall–Kier alpha value is -3.14. The lowest BCUT2D eigenvalue weighted by atomic mass is 9.99. The highest BCUT2D eigenvalue weighted by Gasteiger charge is 2.35. The van der Waals surface area contributed by atoms with Crippen LogP contribution in [0.4, 0.5) is 15.8 Å². The first-order chi connectivity index (χ1) is 13.7. The quantitative estimate of drug-likeness (QED) is 0.708. The van der Waals surface area contributed by atoms with Crippen LogP contribution in [0.3, 0.4) is 0 Å². The van der Waals surface area contributed by atoms with Gasteiger partial charge in [0.25, 0.3) is 5.91 Å². The maximum atomic E-state index is 13.5. The van der Waals surface area contributed by atoms with Gasteiger partial charge in [0.2, 0.25) is 15.9 Å². The van der Waals surface area contributed by atoms with E-state index in [-0.39, 0.29) is 43.2 Å². The number of anilines is 2. The van der Waals surface area contributed by atoms with Gasteiger partial charge in [-0.15, -0.1) is 0 Å². The van der Waals surface area contributed by atoms with Crippen LogP contribution in [0.15, 0.2) is 48.5 Å². The van der Waals surface area contributed by atoms with Gasteiger partial charge in [0, 0.05) is 18.8 Å². The number of likely N-dealkylation sites (tertiary alicyclic amines) is 1. The van der Waals surface area contributed by atoms with Gasteiger partial charge < -0.3 is 15.0 Å². The van der Waals surface area contributed by atoms with Crippen molar-refractivity contribution in [1.29, 1.82) is 0 Å². The average Bonchev–Trinajstić information content (AvgIpc) is 2.58. The summed E-state index contributed by atoms with van der Waals surface area (Å²) in [6.45, 7) is 0.146. The van der Waals surface area contributed by atoms with Crippen molar-refractivity contribution in [3.05, 3.63) is 54.3 Å². The first-order valence-corrected chi connectivity index (χ1v) is 10.6. The van der Waals surface area contributed by atoms with E-state index in [0.717, 1.165) is 6.26 Å². The lowest BCUT2D eigenvalue weighted by Crippen LogP contribution is -2.55. The lowest BCUT2D eigenvalue weighted by Gasteiger charge is -2.38. The zero-order chi connectivity index (χ0) is 21.0. The molecule has 3 rings (SSSR count). The number of carbonyl (C=O) groups is 2. The minimum atomic E-state index is -3.42. The molecule has 0 radical (unpaired) electrons. The molecule has 1 aliphatic heterocycles. The van der Waals surface area contributed by atoms with Gasteiger partial charge in [0.1, 0.15) is 0 Å². The molecule has 2 aromatic carbocycles. The summed E-state index contributed by atoms with van der Waals surface area (Å²) in [5, 5.41) is 2.70. The van der Waals surface area contributed by atoms with Crippen LogP contribution < -0.4 is 14.8 Å². The Morgan fingerprint density at radius 3 is 2.52 bits per heavy atom. The summed E-state index contributed by atoms with van der Waals surface area (Å²) in [6, 6.07) is 12.1. The number of sulfonamides is 1. The molecule has 0 spiro atoms. The van der Waals surface area contributed by atoms with Crippen LogP contribution in [0.2, 0.25) is 0 Å². The van der Waals surface area contributed by atoms with E-state index in [1.807, 2.05) is 0 Å². The molecule has 1 saturated heterocycles. The van der Waals surface area contributed by atoms with Gasteiger partial charge in [0.05, 0.1) is 17.9 Å². The number of para-hydroxylation sites is 1. The van der Waals surface area contributed by atoms with Crippen molar-refractivity contribution in [2.45, 2.75) is 0 Å². The molecule has 1 aliphatic rings. The van der Waals surface area contributed by atoms with E-state index in [1.54, 1.807) is 24.3 Å². The molecule has 2 N–H and O–H groups in total. The molecule has 0 bridgehead atoms. The van der Waals surface area contributed by atoms with Crippen LogP contribution >= 0.6 is 0 Å². The van der Waals surface area contributed by atoms with Crippen LogP contribution in [0, 0.1) is 11.7 Å². The highest BCUT2D eigenvalue weighted by molar-refractivity contribution is 7.92. The number of nitrogens with one attached hydrogen (secondary N) is 2. The average molecular weight is 421 g/mol. The number of amides is 2. The molecule has 0 atom stereocenters. The van der Waals surface area contributed by atoms with Crippen molar-refractivity contribution in [2.24, 2.45) is 5.92 Å². The summed E-state index contributed by atoms with van der Waals surface area (Å²) in [6.07, 6.45) is 1.04. The topological polar surface area (TPSA) is 105 Å². The molecule has 0 unspecified atom stereocenters. The van der Waals surface area contributed by atoms with Gasteiger partial charge >= 0.3 is 0 Å². The predicted molar refractivity (Wildman–Crippen MR) is 106 cm³/mol. The summed E-state index contributed by atoms with van der Waals surface area (Å²) < 4.78 is 43.6. The van der Waals surface area contributed by atoms with Crippen molar-refractivity contribution < 1.29 is 27.1 Å². The molecule has 10 heteroatoms. The summed E-state index contributed by atoms with van der Waals surface area (Å²) in [4.78, 5) is 25.9. The monoisotopic (exact) mass is 421 g/mol. The van der Waals surface area contributed by atoms with E-state index in [2.05, 4.69) is 10.0 Å². The zero-order valence-electron chi connectivity index (χ0n) is 15.6. The fourth-order valence-electron chi connectivity index (χ4n) is 2.76. The van der Waals surface area contributed by atoms with Gasteiger partial charge in [0.15, 0.2) is 18.2 Å². The molecule has 8 nitrogen and oxygen atoms in total. The Labute approximate surface area is 167 Å². The van der Waals surface area contributed by atoms with Crippen LogP contribution in [-0.4, -0.2) is 51.1 Å². The van der Waals surface area contributed by atoms with E-state index in [9.17, 15) is 22.4 Å². The highest BCUT2D eigenvalue weighted by Crippen LogP contribution is 2.21. The van der Waals surface area contributed by atoms with Crippen molar-refractivity contribution in [1.82, 2.24) is 4.90 Å². The van der Waals surface area contributed by atoms with E-state index < -0.39 is 15.8 Å².